The SMILES string of the molecule is CCOC(C)(CC)c1noc(C2(N)CCOC2)n1. The Balaban J connectivity index is 2.24. The molecule has 0 saturated carbocycles. The molecule has 102 valence electrons. The van der Waals surface area contributed by atoms with Crippen molar-refractivity contribution >= 4 is 0 Å². The Hall–Kier alpha value is -0.980. The van der Waals surface area contributed by atoms with Crippen LogP contribution in [0.15, 0.2) is 4.52 Å². The molecule has 18 heavy (non-hydrogen) atoms. The Bertz CT molecular complexity index is 401. The smallest absolute Gasteiger partial charge is 0.249 e. The van der Waals surface area contributed by atoms with Gasteiger partial charge in [-0.15, -0.1) is 0 Å². The van der Waals surface area contributed by atoms with E-state index in [1.54, 1.807) is 0 Å². The molecular formula is C12H21N3O3. The van der Waals surface area contributed by atoms with E-state index in [4.69, 9.17) is 19.7 Å². The van der Waals surface area contributed by atoms with Crippen molar-refractivity contribution in [1.82, 2.24) is 10.1 Å². The molecule has 0 spiro atoms. The normalized spacial score (nSPS) is 27.3. The summed E-state index contributed by atoms with van der Waals surface area (Å²) in [6, 6.07) is 0. The number of aromatic nitrogens is 2. The maximum absolute atomic E-state index is 6.19. The molecule has 1 aliphatic rings. The Morgan fingerprint density at radius 1 is 1.50 bits per heavy atom. The molecule has 1 aromatic rings. The van der Waals surface area contributed by atoms with Gasteiger partial charge in [0, 0.05) is 13.2 Å². The van der Waals surface area contributed by atoms with Gasteiger partial charge in [0.2, 0.25) is 11.7 Å². The lowest BCUT2D eigenvalue weighted by molar-refractivity contribution is -0.0403. The second kappa shape index (κ2) is 4.95. The number of nitrogens with two attached hydrogens (primary N) is 1. The van der Waals surface area contributed by atoms with Crippen LogP contribution in [0.4, 0.5) is 0 Å². The van der Waals surface area contributed by atoms with Crippen LogP contribution < -0.4 is 5.73 Å². The Labute approximate surface area is 107 Å². The number of ether oxygens (including phenoxy) is 2. The molecule has 0 bridgehead atoms. The Morgan fingerprint density at radius 3 is 2.83 bits per heavy atom. The molecular weight excluding hydrogens is 234 g/mol. The van der Waals surface area contributed by atoms with E-state index in [2.05, 4.69) is 10.1 Å². The van der Waals surface area contributed by atoms with Gasteiger partial charge in [-0.1, -0.05) is 12.1 Å². The minimum absolute atomic E-state index is 0.423. The summed E-state index contributed by atoms with van der Waals surface area (Å²) in [5.74, 6) is 0.993. The van der Waals surface area contributed by atoms with Gasteiger partial charge in [-0.05, 0) is 26.7 Å². The van der Waals surface area contributed by atoms with E-state index in [1.807, 2.05) is 20.8 Å². The van der Waals surface area contributed by atoms with E-state index in [0.717, 1.165) is 6.42 Å². The molecule has 1 aromatic heterocycles. The zero-order chi connectivity index (χ0) is 13.2. The first-order valence-electron chi connectivity index (χ1n) is 6.39. The summed E-state index contributed by atoms with van der Waals surface area (Å²) in [6.45, 7) is 7.59. The third-order valence-corrected chi connectivity index (χ3v) is 3.51. The van der Waals surface area contributed by atoms with E-state index >= 15 is 0 Å². The highest BCUT2D eigenvalue weighted by atomic mass is 16.5. The van der Waals surface area contributed by atoms with Crippen LogP contribution in [-0.2, 0) is 20.6 Å². The lowest BCUT2D eigenvalue weighted by Crippen LogP contribution is -2.37. The summed E-state index contributed by atoms with van der Waals surface area (Å²) in [5.41, 5.74) is 5.02. The van der Waals surface area contributed by atoms with Crippen molar-refractivity contribution in [3.05, 3.63) is 11.7 Å². The summed E-state index contributed by atoms with van der Waals surface area (Å²) >= 11 is 0. The molecule has 0 aliphatic carbocycles. The zero-order valence-electron chi connectivity index (χ0n) is 11.2. The lowest BCUT2D eigenvalue weighted by Gasteiger charge is -2.24. The molecule has 1 fully saturated rings. The first-order valence-corrected chi connectivity index (χ1v) is 6.39. The van der Waals surface area contributed by atoms with Crippen molar-refractivity contribution in [1.29, 1.82) is 0 Å². The Kier molecular flexibility index (Phi) is 3.70. The number of hydrogen-bond acceptors (Lipinski definition) is 6. The fraction of sp³-hybridized carbons (Fsp3) is 0.833. The van der Waals surface area contributed by atoms with Crippen LogP contribution in [0.25, 0.3) is 0 Å². The van der Waals surface area contributed by atoms with Gasteiger partial charge in [0.05, 0.1) is 6.61 Å². The largest absolute Gasteiger partial charge is 0.379 e. The highest BCUT2D eigenvalue weighted by Crippen LogP contribution is 2.31. The summed E-state index contributed by atoms with van der Waals surface area (Å²) in [4.78, 5) is 4.42. The van der Waals surface area contributed by atoms with Crippen LogP contribution in [-0.4, -0.2) is 30.0 Å². The number of nitrogens with zero attached hydrogens (tertiary/aromatic N) is 2. The lowest BCUT2D eigenvalue weighted by atomic mass is 9.99. The third-order valence-electron chi connectivity index (χ3n) is 3.51. The fourth-order valence-corrected chi connectivity index (χ4v) is 2.03. The first kappa shape index (κ1) is 13.5. The van der Waals surface area contributed by atoms with Gasteiger partial charge < -0.3 is 19.7 Å². The minimum atomic E-state index is -0.647. The second-order valence-corrected chi connectivity index (χ2v) is 4.90. The van der Waals surface area contributed by atoms with Crippen molar-refractivity contribution in [2.24, 2.45) is 5.73 Å². The molecule has 0 aromatic carbocycles. The van der Waals surface area contributed by atoms with Gasteiger partial charge in [0.15, 0.2) is 0 Å². The van der Waals surface area contributed by atoms with Crippen molar-refractivity contribution in [2.45, 2.75) is 44.8 Å². The summed E-state index contributed by atoms with van der Waals surface area (Å²) < 4.78 is 16.3. The van der Waals surface area contributed by atoms with Gasteiger partial charge in [-0.2, -0.15) is 4.98 Å². The summed E-state index contributed by atoms with van der Waals surface area (Å²) in [6.07, 6.45) is 1.47. The standard InChI is InChI=1S/C12H21N3O3/c1-4-11(3,17-5-2)9-14-10(18-15-9)12(13)6-7-16-8-12/h4-8,13H2,1-3H3. The summed E-state index contributed by atoms with van der Waals surface area (Å²) in [5, 5.41) is 4.02. The maximum Gasteiger partial charge on any atom is 0.249 e. The molecule has 0 amide bonds. The van der Waals surface area contributed by atoms with Crippen molar-refractivity contribution in [3.63, 3.8) is 0 Å². The van der Waals surface area contributed by atoms with Crippen LogP contribution in [0.3, 0.4) is 0 Å². The van der Waals surface area contributed by atoms with E-state index in [9.17, 15) is 0 Å². The van der Waals surface area contributed by atoms with Gasteiger partial charge in [0.25, 0.3) is 0 Å². The van der Waals surface area contributed by atoms with Gasteiger partial charge >= 0.3 is 0 Å². The predicted octanol–water partition coefficient (Wildman–Crippen LogP) is 1.31. The van der Waals surface area contributed by atoms with Gasteiger partial charge in [-0.25, -0.2) is 0 Å². The number of hydrogen-bond donors (Lipinski definition) is 1. The molecule has 2 atom stereocenters. The molecule has 2 rings (SSSR count). The van der Waals surface area contributed by atoms with Crippen LogP contribution in [0.2, 0.25) is 0 Å². The molecule has 6 nitrogen and oxygen atoms in total. The Morgan fingerprint density at radius 2 is 2.28 bits per heavy atom. The van der Waals surface area contributed by atoms with Gasteiger partial charge in [-0.3, -0.25) is 0 Å². The van der Waals surface area contributed by atoms with Crippen molar-refractivity contribution < 1.29 is 14.0 Å². The maximum atomic E-state index is 6.19. The minimum Gasteiger partial charge on any atom is -0.379 e. The topological polar surface area (TPSA) is 83.4 Å². The summed E-state index contributed by atoms with van der Waals surface area (Å²) in [7, 11) is 0. The van der Waals surface area contributed by atoms with E-state index in [-0.39, 0.29) is 0 Å². The van der Waals surface area contributed by atoms with E-state index in [1.165, 1.54) is 0 Å². The number of rotatable bonds is 5. The van der Waals surface area contributed by atoms with E-state index < -0.39 is 11.1 Å². The van der Waals surface area contributed by atoms with Crippen molar-refractivity contribution in [3.8, 4) is 0 Å². The molecule has 2 N–H and O–H groups in total. The van der Waals surface area contributed by atoms with Crippen LogP contribution in [0.1, 0.15) is 45.3 Å². The fourth-order valence-electron chi connectivity index (χ4n) is 2.03. The highest BCUT2D eigenvalue weighted by Gasteiger charge is 2.40. The molecule has 1 saturated heterocycles. The predicted molar refractivity (Wildman–Crippen MR) is 64.9 cm³/mol. The first-order chi connectivity index (χ1) is 8.54. The molecule has 1 aliphatic heterocycles. The highest BCUT2D eigenvalue weighted by molar-refractivity contribution is 5.08. The third kappa shape index (κ3) is 2.28. The monoisotopic (exact) mass is 255 g/mol. The molecule has 2 heterocycles. The molecule has 0 radical (unpaired) electrons. The van der Waals surface area contributed by atoms with Crippen LogP contribution in [0, 0.1) is 0 Å². The zero-order valence-corrected chi connectivity index (χ0v) is 11.2. The van der Waals surface area contributed by atoms with E-state index in [0.29, 0.717) is 38.0 Å². The molecule has 6 heteroatoms. The quantitative estimate of drug-likeness (QED) is 0.854. The average molecular weight is 255 g/mol. The van der Waals surface area contributed by atoms with Gasteiger partial charge in [0.1, 0.15) is 11.1 Å². The van der Waals surface area contributed by atoms with Crippen LogP contribution >= 0.6 is 0 Å². The average Bonchev–Trinajstić information content (AvgIpc) is 2.98. The van der Waals surface area contributed by atoms with Crippen LogP contribution in [0.5, 0.6) is 0 Å². The molecule has 2 unspecified atom stereocenters. The second-order valence-electron chi connectivity index (χ2n) is 4.90. The van der Waals surface area contributed by atoms with Crippen molar-refractivity contribution in [2.75, 3.05) is 19.8 Å².